The highest BCUT2D eigenvalue weighted by atomic mass is 32.2. The van der Waals surface area contributed by atoms with Crippen molar-refractivity contribution in [2.24, 2.45) is 5.84 Å². The third kappa shape index (κ3) is 4.46. The van der Waals surface area contributed by atoms with Crippen molar-refractivity contribution in [1.29, 1.82) is 0 Å². The molecule has 1 aromatic rings. The summed E-state index contributed by atoms with van der Waals surface area (Å²) in [5.41, 5.74) is 3.36. The Bertz CT molecular complexity index is 308. The van der Waals surface area contributed by atoms with Gasteiger partial charge in [-0.05, 0) is 19.4 Å². The molecule has 1 heterocycles. The van der Waals surface area contributed by atoms with Crippen LogP contribution in [-0.4, -0.2) is 29.4 Å². The zero-order valence-electron chi connectivity index (χ0n) is 8.99. The molecule has 0 spiro atoms. The second kappa shape index (κ2) is 6.60. The number of nitrogens with two attached hydrogens (primary N) is 1. The van der Waals surface area contributed by atoms with Gasteiger partial charge >= 0.3 is 0 Å². The minimum atomic E-state index is 0.462. The number of methoxy groups -OCH3 is 1. The Morgan fingerprint density at radius 1 is 1.53 bits per heavy atom. The first kappa shape index (κ1) is 12.2. The molecule has 0 unspecified atom stereocenters. The van der Waals surface area contributed by atoms with Crippen molar-refractivity contribution in [1.82, 2.24) is 9.97 Å². The third-order valence-corrected chi connectivity index (χ3v) is 2.70. The van der Waals surface area contributed by atoms with Gasteiger partial charge in [-0.25, -0.2) is 15.8 Å². The van der Waals surface area contributed by atoms with Crippen molar-refractivity contribution in [3.8, 4) is 0 Å². The third-order valence-electron chi connectivity index (χ3n) is 1.70. The molecule has 5 nitrogen and oxygen atoms in total. The second-order valence-electron chi connectivity index (χ2n) is 3.01. The van der Waals surface area contributed by atoms with Gasteiger partial charge in [-0.2, -0.15) is 0 Å². The van der Waals surface area contributed by atoms with Crippen LogP contribution in [0.15, 0.2) is 11.1 Å². The van der Waals surface area contributed by atoms with E-state index in [1.54, 1.807) is 18.9 Å². The summed E-state index contributed by atoms with van der Waals surface area (Å²) in [6, 6.07) is 1.94. The standard InChI is InChI=1S/C9H16N4OS/c1-7-6-8(12-9(11-7)13-10)15-5-3-4-14-2/h6H,3-5,10H2,1-2H3,(H,11,12,13). The number of rotatable bonds is 6. The topological polar surface area (TPSA) is 73.1 Å². The van der Waals surface area contributed by atoms with Crippen LogP contribution in [0, 0.1) is 6.92 Å². The number of ether oxygens (including phenoxy) is 1. The summed E-state index contributed by atoms with van der Waals surface area (Å²) in [7, 11) is 1.70. The van der Waals surface area contributed by atoms with E-state index in [4.69, 9.17) is 10.6 Å². The van der Waals surface area contributed by atoms with Gasteiger partial charge in [-0.1, -0.05) is 0 Å². The summed E-state index contributed by atoms with van der Waals surface area (Å²) in [6.45, 7) is 2.70. The van der Waals surface area contributed by atoms with Gasteiger partial charge in [0, 0.05) is 25.2 Å². The number of anilines is 1. The molecule has 84 valence electrons. The Labute approximate surface area is 93.8 Å². The van der Waals surface area contributed by atoms with Crippen LogP contribution in [0.5, 0.6) is 0 Å². The Balaban J connectivity index is 2.49. The Morgan fingerprint density at radius 3 is 3.00 bits per heavy atom. The Morgan fingerprint density at radius 2 is 2.33 bits per heavy atom. The van der Waals surface area contributed by atoms with Gasteiger partial charge < -0.3 is 4.74 Å². The fourth-order valence-electron chi connectivity index (χ4n) is 1.06. The van der Waals surface area contributed by atoms with Gasteiger partial charge in [-0.15, -0.1) is 11.8 Å². The summed E-state index contributed by atoms with van der Waals surface area (Å²) < 4.78 is 4.97. The molecular formula is C9H16N4OS. The van der Waals surface area contributed by atoms with Gasteiger partial charge in [0.1, 0.15) is 5.03 Å². The zero-order chi connectivity index (χ0) is 11.1. The molecule has 0 aliphatic heterocycles. The van der Waals surface area contributed by atoms with E-state index < -0.39 is 0 Å². The number of nitrogen functional groups attached to an aromatic ring is 1. The number of thioether (sulfide) groups is 1. The van der Waals surface area contributed by atoms with Crippen LogP contribution < -0.4 is 11.3 Å². The van der Waals surface area contributed by atoms with E-state index in [0.717, 1.165) is 29.5 Å². The lowest BCUT2D eigenvalue weighted by molar-refractivity contribution is 0.200. The molecule has 1 rings (SSSR count). The van der Waals surface area contributed by atoms with Crippen LogP contribution in [0.3, 0.4) is 0 Å². The minimum Gasteiger partial charge on any atom is -0.385 e. The van der Waals surface area contributed by atoms with E-state index in [9.17, 15) is 0 Å². The Kier molecular flexibility index (Phi) is 5.38. The average Bonchev–Trinajstić information content (AvgIpc) is 2.23. The van der Waals surface area contributed by atoms with Gasteiger partial charge in [0.2, 0.25) is 5.95 Å². The Hall–Kier alpha value is -0.850. The SMILES string of the molecule is COCCCSc1cc(C)nc(NN)n1. The summed E-state index contributed by atoms with van der Waals surface area (Å²) in [6.07, 6.45) is 1.01. The quantitative estimate of drug-likeness (QED) is 0.250. The highest BCUT2D eigenvalue weighted by Crippen LogP contribution is 2.18. The maximum absolute atomic E-state index is 5.26. The molecule has 0 amide bonds. The van der Waals surface area contributed by atoms with Crippen LogP contribution in [-0.2, 0) is 4.74 Å². The van der Waals surface area contributed by atoms with Gasteiger partial charge in [0.25, 0.3) is 0 Å². The van der Waals surface area contributed by atoms with E-state index in [-0.39, 0.29) is 0 Å². The normalized spacial score (nSPS) is 10.3. The summed E-state index contributed by atoms with van der Waals surface area (Å²) in [5.74, 6) is 6.70. The highest BCUT2D eigenvalue weighted by molar-refractivity contribution is 7.99. The number of hydrogen-bond donors (Lipinski definition) is 2. The molecule has 0 atom stereocenters. The average molecular weight is 228 g/mol. The van der Waals surface area contributed by atoms with E-state index >= 15 is 0 Å². The maximum Gasteiger partial charge on any atom is 0.238 e. The van der Waals surface area contributed by atoms with Gasteiger partial charge in [0.05, 0.1) is 0 Å². The predicted octanol–water partition coefficient (Wildman–Crippen LogP) is 1.20. The van der Waals surface area contributed by atoms with Crippen LogP contribution in [0.4, 0.5) is 5.95 Å². The first-order valence-electron chi connectivity index (χ1n) is 4.70. The molecule has 0 fully saturated rings. The van der Waals surface area contributed by atoms with Gasteiger partial charge in [0.15, 0.2) is 0 Å². The fraction of sp³-hybridized carbons (Fsp3) is 0.556. The van der Waals surface area contributed by atoms with E-state index in [1.807, 2.05) is 13.0 Å². The lowest BCUT2D eigenvalue weighted by Gasteiger charge is -2.04. The molecule has 0 bridgehead atoms. The predicted molar refractivity (Wildman–Crippen MR) is 61.8 cm³/mol. The molecule has 6 heteroatoms. The maximum atomic E-state index is 5.26. The van der Waals surface area contributed by atoms with Crippen molar-refractivity contribution < 1.29 is 4.74 Å². The van der Waals surface area contributed by atoms with Crippen LogP contribution >= 0.6 is 11.8 Å². The number of hydrazine groups is 1. The molecule has 0 saturated carbocycles. The largest absolute Gasteiger partial charge is 0.385 e. The van der Waals surface area contributed by atoms with E-state index in [0.29, 0.717) is 5.95 Å². The highest BCUT2D eigenvalue weighted by Gasteiger charge is 2.01. The summed E-state index contributed by atoms with van der Waals surface area (Å²) in [5, 5.41) is 0.937. The van der Waals surface area contributed by atoms with Crippen molar-refractivity contribution in [2.45, 2.75) is 18.4 Å². The van der Waals surface area contributed by atoms with Crippen molar-refractivity contribution in [3.05, 3.63) is 11.8 Å². The summed E-state index contributed by atoms with van der Waals surface area (Å²) in [4.78, 5) is 8.34. The van der Waals surface area contributed by atoms with E-state index in [1.165, 1.54) is 0 Å². The summed E-state index contributed by atoms with van der Waals surface area (Å²) >= 11 is 1.68. The molecule has 0 aliphatic carbocycles. The van der Waals surface area contributed by atoms with Crippen molar-refractivity contribution in [2.75, 3.05) is 24.9 Å². The fourth-order valence-corrected chi connectivity index (χ4v) is 1.93. The molecule has 0 radical (unpaired) electrons. The smallest absolute Gasteiger partial charge is 0.238 e. The molecule has 1 aromatic heterocycles. The molecule has 3 N–H and O–H groups in total. The molecule has 0 saturated heterocycles. The lowest BCUT2D eigenvalue weighted by Crippen LogP contribution is -2.11. The first-order valence-corrected chi connectivity index (χ1v) is 5.69. The van der Waals surface area contributed by atoms with Gasteiger partial charge in [-0.3, -0.25) is 5.43 Å². The van der Waals surface area contributed by atoms with Crippen LogP contribution in [0.1, 0.15) is 12.1 Å². The molecular weight excluding hydrogens is 212 g/mol. The first-order chi connectivity index (χ1) is 7.26. The monoisotopic (exact) mass is 228 g/mol. The van der Waals surface area contributed by atoms with Crippen molar-refractivity contribution in [3.63, 3.8) is 0 Å². The molecule has 15 heavy (non-hydrogen) atoms. The van der Waals surface area contributed by atoms with Crippen LogP contribution in [0.25, 0.3) is 0 Å². The van der Waals surface area contributed by atoms with E-state index in [2.05, 4.69) is 15.4 Å². The number of nitrogens with zero attached hydrogens (tertiary/aromatic N) is 2. The minimum absolute atomic E-state index is 0.462. The second-order valence-corrected chi connectivity index (χ2v) is 4.13. The zero-order valence-corrected chi connectivity index (χ0v) is 9.80. The number of aromatic nitrogens is 2. The molecule has 0 aromatic carbocycles. The lowest BCUT2D eigenvalue weighted by atomic mass is 10.5. The van der Waals surface area contributed by atoms with Crippen molar-refractivity contribution >= 4 is 17.7 Å². The molecule has 0 aliphatic rings. The van der Waals surface area contributed by atoms with Crippen LogP contribution in [0.2, 0.25) is 0 Å². The number of nitrogens with one attached hydrogen (secondary N) is 1. The number of aryl methyl sites for hydroxylation is 1. The number of hydrogen-bond acceptors (Lipinski definition) is 6.